The molecule has 0 heterocycles. The van der Waals surface area contributed by atoms with Gasteiger partial charge in [0, 0.05) is 5.88 Å². The van der Waals surface area contributed by atoms with E-state index >= 15 is 0 Å². The van der Waals surface area contributed by atoms with Crippen molar-refractivity contribution in [2.45, 2.75) is 26.2 Å². The predicted molar refractivity (Wildman–Crippen MR) is 96.0 cm³/mol. The lowest BCUT2D eigenvalue weighted by atomic mass is 9.95. The lowest BCUT2D eigenvalue weighted by Crippen LogP contribution is -2.09. The Kier molecular flexibility index (Phi) is 8.58. The molecular formula is C19H21ClO4. The lowest BCUT2D eigenvalue weighted by molar-refractivity contribution is 0.0652. The molecule has 0 bridgehead atoms. The Morgan fingerprint density at radius 2 is 1.58 bits per heavy atom. The minimum absolute atomic E-state index is 0.184. The summed E-state index contributed by atoms with van der Waals surface area (Å²) in [6.07, 6.45) is 3.73. The molecule has 0 radical (unpaired) electrons. The van der Waals surface area contributed by atoms with E-state index in [2.05, 4.69) is 6.92 Å². The van der Waals surface area contributed by atoms with E-state index in [9.17, 15) is 14.7 Å². The number of aromatic carboxylic acids is 2. The van der Waals surface area contributed by atoms with Crippen LogP contribution in [0.2, 0.25) is 0 Å². The minimum atomic E-state index is -1.25. The van der Waals surface area contributed by atoms with Gasteiger partial charge in [-0.05, 0) is 23.6 Å². The van der Waals surface area contributed by atoms with Gasteiger partial charge in [0.1, 0.15) is 0 Å². The second kappa shape index (κ2) is 10.4. The normalized spacial score (nSPS) is 9.75. The van der Waals surface area contributed by atoms with Crippen LogP contribution >= 0.6 is 11.6 Å². The zero-order valence-electron chi connectivity index (χ0n) is 13.5. The maximum Gasteiger partial charge on any atom is 0.337 e. The monoisotopic (exact) mass is 348 g/mol. The van der Waals surface area contributed by atoms with Crippen molar-refractivity contribution >= 4 is 23.5 Å². The van der Waals surface area contributed by atoms with Gasteiger partial charge in [0.2, 0.25) is 0 Å². The van der Waals surface area contributed by atoms with E-state index in [4.69, 9.17) is 16.7 Å². The Balaban J connectivity index is 0.000000413. The van der Waals surface area contributed by atoms with Gasteiger partial charge in [0.05, 0.1) is 11.1 Å². The second-order valence-electron chi connectivity index (χ2n) is 5.10. The van der Waals surface area contributed by atoms with Crippen LogP contribution in [0.1, 0.15) is 46.9 Å². The van der Waals surface area contributed by atoms with E-state index in [0.29, 0.717) is 11.1 Å². The van der Waals surface area contributed by atoms with E-state index < -0.39 is 11.9 Å². The van der Waals surface area contributed by atoms with Gasteiger partial charge in [-0.1, -0.05) is 62.2 Å². The Morgan fingerprint density at radius 3 is 2.04 bits per heavy atom. The van der Waals surface area contributed by atoms with Gasteiger partial charge in [-0.15, -0.1) is 11.6 Å². The van der Waals surface area contributed by atoms with Crippen molar-refractivity contribution in [3.05, 3.63) is 59.7 Å². The number of hydrogen-bond acceptors (Lipinski definition) is 2. The van der Waals surface area contributed by atoms with Crippen molar-refractivity contribution in [2.75, 3.05) is 5.88 Å². The molecule has 0 aliphatic heterocycles. The van der Waals surface area contributed by atoms with Crippen molar-refractivity contribution in [2.24, 2.45) is 0 Å². The van der Waals surface area contributed by atoms with Crippen LogP contribution in [-0.2, 0) is 0 Å². The van der Waals surface area contributed by atoms with Crippen molar-refractivity contribution in [1.29, 1.82) is 0 Å². The SMILES string of the molecule is CCCCCCl.O=C(O)c1cccc(-c2ccccc2)c1C(=O)O. The van der Waals surface area contributed by atoms with Crippen molar-refractivity contribution < 1.29 is 19.8 Å². The molecule has 0 aliphatic rings. The van der Waals surface area contributed by atoms with Gasteiger partial charge in [-0.3, -0.25) is 0 Å². The van der Waals surface area contributed by atoms with Crippen LogP contribution in [0.4, 0.5) is 0 Å². The molecule has 2 rings (SSSR count). The van der Waals surface area contributed by atoms with E-state index in [1.54, 1.807) is 30.3 Å². The molecule has 0 aromatic heterocycles. The highest BCUT2D eigenvalue weighted by atomic mass is 35.5. The molecule has 0 saturated heterocycles. The number of benzene rings is 2. The van der Waals surface area contributed by atoms with E-state index in [-0.39, 0.29) is 11.1 Å². The smallest absolute Gasteiger partial charge is 0.337 e. The second-order valence-corrected chi connectivity index (χ2v) is 5.48. The molecule has 5 heteroatoms. The van der Waals surface area contributed by atoms with E-state index in [0.717, 1.165) is 5.88 Å². The third kappa shape index (κ3) is 5.70. The number of unbranched alkanes of at least 4 members (excludes halogenated alkanes) is 2. The summed E-state index contributed by atoms with van der Waals surface area (Å²) in [5, 5.41) is 18.2. The third-order valence-electron chi connectivity index (χ3n) is 3.33. The number of hydrogen-bond donors (Lipinski definition) is 2. The Labute approximate surface area is 146 Å². The highest BCUT2D eigenvalue weighted by molar-refractivity contribution is 6.17. The Bertz CT molecular complexity index is 664. The number of carboxylic acid groups (broad SMARTS) is 2. The maximum atomic E-state index is 11.3. The number of carbonyl (C=O) groups is 2. The standard InChI is InChI=1S/C14H10O4.C5H11Cl/c15-13(16)11-8-4-7-10(12(11)14(17)18)9-5-2-1-3-6-9;1-2-3-4-5-6/h1-8H,(H,15,16)(H,17,18);2-5H2,1H3. The molecule has 128 valence electrons. The van der Waals surface area contributed by atoms with Crippen LogP contribution in [0, 0.1) is 0 Å². The first-order chi connectivity index (χ1) is 11.5. The summed E-state index contributed by atoms with van der Waals surface area (Å²) in [7, 11) is 0. The highest BCUT2D eigenvalue weighted by Gasteiger charge is 2.20. The molecule has 0 atom stereocenters. The summed E-state index contributed by atoms with van der Waals surface area (Å²) in [6, 6.07) is 13.3. The summed E-state index contributed by atoms with van der Waals surface area (Å²) >= 11 is 5.38. The molecule has 2 aromatic rings. The van der Waals surface area contributed by atoms with Crippen LogP contribution < -0.4 is 0 Å². The van der Waals surface area contributed by atoms with Crippen molar-refractivity contribution in [1.82, 2.24) is 0 Å². The summed E-state index contributed by atoms with van der Waals surface area (Å²) < 4.78 is 0. The largest absolute Gasteiger partial charge is 0.478 e. The number of halogens is 1. The van der Waals surface area contributed by atoms with Crippen molar-refractivity contribution in [3.63, 3.8) is 0 Å². The molecule has 2 N–H and O–H groups in total. The third-order valence-corrected chi connectivity index (χ3v) is 3.60. The number of carboxylic acids is 2. The van der Waals surface area contributed by atoms with E-state index in [1.165, 1.54) is 31.4 Å². The highest BCUT2D eigenvalue weighted by Crippen LogP contribution is 2.26. The van der Waals surface area contributed by atoms with Gasteiger partial charge in [-0.2, -0.15) is 0 Å². The lowest BCUT2D eigenvalue weighted by Gasteiger charge is -2.08. The Morgan fingerprint density at radius 1 is 0.917 bits per heavy atom. The number of alkyl halides is 1. The zero-order chi connectivity index (χ0) is 17.9. The molecule has 0 amide bonds. The topological polar surface area (TPSA) is 74.6 Å². The Hall–Kier alpha value is -2.33. The number of rotatable bonds is 6. The fraction of sp³-hybridized carbons (Fsp3) is 0.263. The molecule has 0 saturated carbocycles. The molecule has 0 spiro atoms. The summed E-state index contributed by atoms with van der Waals surface area (Å²) in [4.78, 5) is 22.3. The summed E-state index contributed by atoms with van der Waals surface area (Å²) in [5.74, 6) is -1.66. The average Bonchev–Trinajstić information content (AvgIpc) is 2.60. The van der Waals surface area contributed by atoms with Gasteiger partial charge in [0.25, 0.3) is 0 Å². The molecule has 0 unspecified atom stereocenters. The minimum Gasteiger partial charge on any atom is -0.478 e. The predicted octanol–water partition coefficient (Wildman–Crippen LogP) is 5.17. The van der Waals surface area contributed by atoms with Crippen LogP contribution in [-0.4, -0.2) is 28.0 Å². The van der Waals surface area contributed by atoms with Crippen molar-refractivity contribution in [3.8, 4) is 11.1 Å². The maximum absolute atomic E-state index is 11.3. The van der Waals surface area contributed by atoms with Gasteiger partial charge < -0.3 is 10.2 Å². The first kappa shape index (κ1) is 19.7. The zero-order valence-corrected chi connectivity index (χ0v) is 14.3. The van der Waals surface area contributed by atoms with Gasteiger partial charge in [0.15, 0.2) is 0 Å². The van der Waals surface area contributed by atoms with Gasteiger partial charge in [-0.25, -0.2) is 9.59 Å². The molecule has 0 aliphatic carbocycles. The first-order valence-corrected chi connectivity index (χ1v) is 8.27. The first-order valence-electron chi connectivity index (χ1n) is 7.73. The summed E-state index contributed by atoms with van der Waals surface area (Å²) in [5.41, 5.74) is 0.695. The molecule has 4 nitrogen and oxygen atoms in total. The quantitative estimate of drug-likeness (QED) is 0.558. The van der Waals surface area contributed by atoms with Crippen LogP contribution in [0.3, 0.4) is 0 Å². The average molecular weight is 349 g/mol. The van der Waals surface area contributed by atoms with Crippen LogP contribution in [0.5, 0.6) is 0 Å². The van der Waals surface area contributed by atoms with E-state index in [1.807, 2.05) is 6.07 Å². The van der Waals surface area contributed by atoms with Gasteiger partial charge >= 0.3 is 11.9 Å². The summed E-state index contributed by atoms with van der Waals surface area (Å²) in [6.45, 7) is 2.17. The molecule has 0 fully saturated rings. The fourth-order valence-electron chi connectivity index (χ4n) is 2.16. The fourth-order valence-corrected chi connectivity index (χ4v) is 2.35. The molecule has 2 aromatic carbocycles. The molecule has 24 heavy (non-hydrogen) atoms. The van der Waals surface area contributed by atoms with Crippen LogP contribution in [0.25, 0.3) is 11.1 Å². The van der Waals surface area contributed by atoms with Crippen LogP contribution in [0.15, 0.2) is 48.5 Å². The molecular weight excluding hydrogens is 328 g/mol.